The fourth-order valence-corrected chi connectivity index (χ4v) is 2.91. The third-order valence-corrected chi connectivity index (χ3v) is 3.96. The van der Waals surface area contributed by atoms with E-state index in [4.69, 9.17) is 0 Å². The summed E-state index contributed by atoms with van der Waals surface area (Å²) in [6.45, 7) is 6.20. The standard InChI is InChI=1S/C14H18O2/c1-9-5-4-6-11-10(9)7-8-12(13(15)16)14(11,2)3/h4-6,12H,7-8H2,1-3H3,(H,15,16). The van der Waals surface area contributed by atoms with E-state index < -0.39 is 5.97 Å². The van der Waals surface area contributed by atoms with E-state index in [1.54, 1.807) is 0 Å². The van der Waals surface area contributed by atoms with Crippen LogP contribution in [0.25, 0.3) is 0 Å². The molecule has 86 valence electrons. The van der Waals surface area contributed by atoms with Gasteiger partial charge >= 0.3 is 5.97 Å². The van der Waals surface area contributed by atoms with Gasteiger partial charge in [-0.3, -0.25) is 4.79 Å². The average molecular weight is 218 g/mol. The summed E-state index contributed by atoms with van der Waals surface area (Å²) in [4.78, 5) is 11.3. The number of carbonyl (C=O) groups is 1. The van der Waals surface area contributed by atoms with Gasteiger partial charge in [-0.05, 0) is 36.5 Å². The van der Waals surface area contributed by atoms with Crippen LogP contribution in [0, 0.1) is 12.8 Å². The molecule has 0 fully saturated rings. The van der Waals surface area contributed by atoms with Crippen LogP contribution < -0.4 is 0 Å². The molecule has 0 spiro atoms. The maximum atomic E-state index is 11.3. The lowest BCUT2D eigenvalue weighted by Crippen LogP contribution is -2.39. The van der Waals surface area contributed by atoms with E-state index in [1.807, 2.05) is 19.9 Å². The molecule has 1 atom stereocenters. The van der Waals surface area contributed by atoms with Crippen molar-refractivity contribution in [2.75, 3.05) is 0 Å². The molecule has 0 aliphatic heterocycles. The van der Waals surface area contributed by atoms with Gasteiger partial charge in [0.05, 0.1) is 5.92 Å². The molecular weight excluding hydrogens is 200 g/mol. The zero-order chi connectivity index (χ0) is 11.9. The first kappa shape index (κ1) is 11.2. The number of carboxylic acid groups (broad SMARTS) is 1. The molecule has 1 aliphatic rings. The van der Waals surface area contributed by atoms with Crippen molar-refractivity contribution in [1.82, 2.24) is 0 Å². The molecule has 1 N–H and O–H groups in total. The van der Waals surface area contributed by atoms with Gasteiger partial charge in [0.15, 0.2) is 0 Å². The Labute approximate surface area is 96.3 Å². The fraction of sp³-hybridized carbons (Fsp3) is 0.500. The molecule has 0 saturated heterocycles. The van der Waals surface area contributed by atoms with Gasteiger partial charge in [0.1, 0.15) is 0 Å². The van der Waals surface area contributed by atoms with Crippen molar-refractivity contribution in [1.29, 1.82) is 0 Å². The van der Waals surface area contributed by atoms with Crippen LogP contribution in [0.2, 0.25) is 0 Å². The molecule has 2 heteroatoms. The molecule has 0 amide bonds. The largest absolute Gasteiger partial charge is 0.481 e. The third-order valence-electron chi connectivity index (χ3n) is 3.96. The van der Waals surface area contributed by atoms with E-state index in [2.05, 4.69) is 19.1 Å². The second-order valence-corrected chi connectivity index (χ2v) is 5.25. The lowest BCUT2D eigenvalue weighted by molar-refractivity contribution is -0.144. The van der Waals surface area contributed by atoms with Crippen LogP contribution in [-0.4, -0.2) is 11.1 Å². The highest BCUT2D eigenvalue weighted by Gasteiger charge is 2.40. The highest BCUT2D eigenvalue weighted by Crippen LogP contribution is 2.42. The van der Waals surface area contributed by atoms with Crippen molar-refractivity contribution in [3.63, 3.8) is 0 Å². The van der Waals surface area contributed by atoms with E-state index in [-0.39, 0.29) is 11.3 Å². The molecule has 16 heavy (non-hydrogen) atoms. The van der Waals surface area contributed by atoms with Crippen LogP contribution in [-0.2, 0) is 16.6 Å². The summed E-state index contributed by atoms with van der Waals surface area (Å²) >= 11 is 0. The normalized spacial score (nSPS) is 22.6. The Hall–Kier alpha value is -1.31. The second kappa shape index (κ2) is 3.62. The van der Waals surface area contributed by atoms with E-state index in [9.17, 15) is 9.90 Å². The lowest BCUT2D eigenvalue weighted by atomic mass is 9.65. The summed E-state index contributed by atoms with van der Waals surface area (Å²) in [5.74, 6) is -0.932. The number of hydrogen-bond acceptors (Lipinski definition) is 1. The zero-order valence-corrected chi connectivity index (χ0v) is 10.1. The Balaban J connectivity index is 2.55. The highest BCUT2D eigenvalue weighted by atomic mass is 16.4. The number of hydrogen-bond donors (Lipinski definition) is 1. The Bertz CT molecular complexity index is 432. The van der Waals surface area contributed by atoms with Gasteiger partial charge in [0.2, 0.25) is 0 Å². The maximum absolute atomic E-state index is 11.3. The molecule has 2 nitrogen and oxygen atoms in total. The van der Waals surface area contributed by atoms with Crippen molar-refractivity contribution in [3.8, 4) is 0 Å². The molecule has 1 aliphatic carbocycles. The van der Waals surface area contributed by atoms with Gasteiger partial charge in [-0.2, -0.15) is 0 Å². The zero-order valence-electron chi connectivity index (χ0n) is 10.1. The summed E-state index contributed by atoms with van der Waals surface area (Å²) in [5, 5.41) is 9.27. The van der Waals surface area contributed by atoms with E-state index in [0.717, 1.165) is 12.8 Å². The Kier molecular flexibility index (Phi) is 2.53. The van der Waals surface area contributed by atoms with E-state index in [1.165, 1.54) is 16.7 Å². The molecule has 1 aromatic carbocycles. The molecule has 1 unspecified atom stereocenters. The molecule has 0 saturated carbocycles. The predicted molar refractivity (Wildman–Crippen MR) is 63.7 cm³/mol. The number of benzene rings is 1. The number of carboxylic acids is 1. The second-order valence-electron chi connectivity index (χ2n) is 5.25. The van der Waals surface area contributed by atoms with Crippen LogP contribution >= 0.6 is 0 Å². The Morgan fingerprint density at radius 3 is 2.75 bits per heavy atom. The number of aryl methyl sites for hydroxylation is 1. The maximum Gasteiger partial charge on any atom is 0.307 e. The molecule has 0 aromatic heterocycles. The highest BCUT2D eigenvalue weighted by molar-refractivity contribution is 5.73. The van der Waals surface area contributed by atoms with Crippen LogP contribution in [0.1, 0.15) is 37.0 Å². The quantitative estimate of drug-likeness (QED) is 0.787. The molecule has 0 heterocycles. The number of rotatable bonds is 1. The predicted octanol–water partition coefficient (Wildman–Crippen LogP) is 2.92. The van der Waals surface area contributed by atoms with Crippen LogP contribution in [0.5, 0.6) is 0 Å². The van der Waals surface area contributed by atoms with Crippen LogP contribution in [0.3, 0.4) is 0 Å². The van der Waals surface area contributed by atoms with Crippen LogP contribution in [0.15, 0.2) is 18.2 Å². The Morgan fingerprint density at radius 2 is 2.12 bits per heavy atom. The summed E-state index contributed by atoms with van der Waals surface area (Å²) < 4.78 is 0. The van der Waals surface area contributed by atoms with Gasteiger partial charge in [0.25, 0.3) is 0 Å². The Morgan fingerprint density at radius 1 is 1.44 bits per heavy atom. The minimum Gasteiger partial charge on any atom is -0.481 e. The summed E-state index contributed by atoms with van der Waals surface area (Å²) in [7, 11) is 0. The topological polar surface area (TPSA) is 37.3 Å². The number of aliphatic carboxylic acids is 1. The van der Waals surface area contributed by atoms with Crippen LogP contribution in [0.4, 0.5) is 0 Å². The van der Waals surface area contributed by atoms with Crippen molar-refractivity contribution >= 4 is 5.97 Å². The van der Waals surface area contributed by atoms with Gasteiger partial charge in [-0.25, -0.2) is 0 Å². The molecule has 0 bridgehead atoms. The monoisotopic (exact) mass is 218 g/mol. The smallest absolute Gasteiger partial charge is 0.307 e. The minimum absolute atomic E-state index is 0.258. The van der Waals surface area contributed by atoms with Crippen molar-refractivity contribution in [2.45, 2.75) is 39.0 Å². The molecule has 2 rings (SSSR count). The molecular formula is C14H18O2. The first-order valence-electron chi connectivity index (χ1n) is 5.76. The summed E-state index contributed by atoms with van der Waals surface area (Å²) in [6, 6.07) is 6.22. The molecule has 1 aromatic rings. The first-order chi connectivity index (χ1) is 7.44. The van der Waals surface area contributed by atoms with Gasteiger partial charge in [-0.15, -0.1) is 0 Å². The fourth-order valence-electron chi connectivity index (χ4n) is 2.91. The summed E-state index contributed by atoms with van der Waals surface area (Å²) in [6.07, 6.45) is 1.64. The number of fused-ring (bicyclic) bond motifs is 1. The minimum atomic E-state index is -0.669. The van der Waals surface area contributed by atoms with Crippen molar-refractivity contribution in [2.24, 2.45) is 5.92 Å². The van der Waals surface area contributed by atoms with E-state index >= 15 is 0 Å². The average Bonchev–Trinajstić information content (AvgIpc) is 2.18. The SMILES string of the molecule is Cc1cccc2c1CCC(C(=O)O)C2(C)C. The lowest BCUT2D eigenvalue weighted by Gasteiger charge is -2.38. The first-order valence-corrected chi connectivity index (χ1v) is 5.76. The van der Waals surface area contributed by atoms with Crippen molar-refractivity contribution in [3.05, 3.63) is 34.9 Å². The third kappa shape index (κ3) is 1.53. The van der Waals surface area contributed by atoms with E-state index in [0.29, 0.717) is 0 Å². The van der Waals surface area contributed by atoms with Crippen molar-refractivity contribution < 1.29 is 9.90 Å². The van der Waals surface area contributed by atoms with Gasteiger partial charge in [0, 0.05) is 5.41 Å². The van der Waals surface area contributed by atoms with Gasteiger partial charge < -0.3 is 5.11 Å². The van der Waals surface area contributed by atoms with Gasteiger partial charge in [-0.1, -0.05) is 32.0 Å². The molecule has 0 radical (unpaired) electrons. The summed E-state index contributed by atoms with van der Waals surface area (Å²) in [5.41, 5.74) is 3.59.